The molecule has 118 valence electrons. The fourth-order valence-electron chi connectivity index (χ4n) is 3.12. The molecule has 0 aromatic rings. The number of hydrogen-bond donors (Lipinski definition) is 2. The van der Waals surface area contributed by atoms with E-state index in [2.05, 4.69) is 31.1 Å². The molecule has 4 nitrogen and oxygen atoms in total. The topological polar surface area (TPSA) is 52.6 Å². The average Bonchev–Trinajstić information content (AvgIpc) is 2.38. The highest BCUT2D eigenvalue weighted by Gasteiger charge is 2.28. The number of piperidine rings is 1. The molecule has 1 saturated heterocycles. The number of hydrogen-bond acceptors (Lipinski definition) is 3. The Morgan fingerprint density at radius 1 is 1.25 bits per heavy atom. The van der Waals surface area contributed by atoms with Crippen molar-refractivity contribution in [2.24, 2.45) is 5.92 Å². The number of likely N-dealkylation sites (tertiary alicyclic amines) is 1. The van der Waals surface area contributed by atoms with E-state index in [1.165, 1.54) is 0 Å². The van der Waals surface area contributed by atoms with Crippen molar-refractivity contribution < 1.29 is 9.90 Å². The molecule has 0 spiro atoms. The maximum atomic E-state index is 12.0. The van der Waals surface area contributed by atoms with Gasteiger partial charge in [-0.05, 0) is 51.7 Å². The quantitative estimate of drug-likeness (QED) is 0.718. The monoisotopic (exact) mass is 284 g/mol. The van der Waals surface area contributed by atoms with Crippen LogP contribution in [0, 0.1) is 5.92 Å². The Hall–Kier alpha value is -0.610. The minimum absolute atomic E-state index is 0.00771. The van der Waals surface area contributed by atoms with Crippen LogP contribution in [0.15, 0.2) is 0 Å². The summed E-state index contributed by atoms with van der Waals surface area (Å²) < 4.78 is 0. The van der Waals surface area contributed by atoms with Crippen molar-refractivity contribution in [2.45, 2.75) is 64.4 Å². The summed E-state index contributed by atoms with van der Waals surface area (Å²) in [7, 11) is 2.14. The highest BCUT2D eigenvalue weighted by Crippen LogP contribution is 2.23. The van der Waals surface area contributed by atoms with Gasteiger partial charge in [0.1, 0.15) is 0 Å². The number of amides is 1. The molecule has 4 heteroatoms. The lowest BCUT2D eigenvalue weighted by Crippen LogP contribution is -2.40. The van der Waals surface area contributed by atoms with Crippen LogP contribution in [0.4, 0.5) is 0 Å². The smallest absolute Gasteiger partial charge is 0.222 e. The molecule has 2 N–H and O–H groups in total. The summed E-state index contributed by atoms with van der Waals surface area (Å²) >= 11 is 0. The van der Waals surface area contributed by atoms with E-state index in [4.69, 9.17) is 0 Å². The van der Waals surface area contributed by atoms with Crippen molar-refractivity contribution in [3.63, 3.8) is 0 Å². The number of carbonyl (C=O) groups is 1. The molecule has 0 bridgehead atoms. The highest BCUT2D eigenvalue weighted by atomic mass is 16.3. The molecule has 1 aliphatic rings. The summed E-state index contributed by atoms with van der Waals surface area (Å²) in [5.74, 6) is 0.605. The summed E-state index contributed by atoms with van der Waals surface area (Å²) in [6.07, 6.45) is 5.82. The van der Waals surface area contributed by atoms with Crippen molar-refractivity contribution in [2.75, 3.05) is 26.7 Å². The molecule has 0 aliphatic carbocycles. The van der Waals surface area contributed by atoms with Gasteiger partial charge in [0.2, 0.25) is 5.91 Å². The minimum Gasteiger partial charge on any atom is -0.389 e. The van der Waals surface area contributed by atoms with E-state index in [9.17, 15) is 9.90 Å². The molecule has 1 aliphatic heterocycles. The Morgan fingerprint density at radius 3 is 2.30 bits per heavy atom. The first kappa shape index (κ1) is 17.4. The maximum Gasteiger partial charge on any atom is 0.222 e. The number of aliphatic hydroxyl groups is 1. The van der Waals surface area contributed by atoms with Gasteiger partial charge in [-0.1, -0.05) is 26.7 Å². The van der Waals surface area contributed by atoms with E-state index in [0.717, 1.165) is 45.3 Å². The van der Waals surface area contributed by atoms with Crippen LogP contribution < -0.4 is 5.32 Å². The van der Waals surface area contributed by atoms with Gasteiger partial charge in [-0.3, -0.25) is 4.79 Å². The van der Waals surface area contributed by atoms with Crippen LogP contribution >= 0.6 is 0 Å². The van der Waals surface area contributed by atoms with Crippen molar-refractivity contribution in [3.05, 3.63) is 0 Å². The van der Waals surface area contributed by atoms with Crippen LogP contribution in [0.5, 0.6) is 0 Å². The number of nitrogens with one attached hydrogen (secondary N) is 1. The first-order valence-corrected chi connectivity index (χ1v) is 8.16. The third-order valence-corrected chi connectivity index (χ3v) is 4.35. The lowest BCUT2D eigenvalue weighted by molar-refractivity contribution is -0.127. The number of rotatable bonds is 8. The molecule has 0 radical (unpaired) electrons. The Kier molecular flexibility index (Phi) is 7.52. The van der Waals surface area contributed by atoms with Crippen LogP contribution in [-0.2, 0) is 4.79 Å². The van der Waals surface area contributed by atoms with Gasteiger partial charge in [0.15, 0.2) is 0 Å². The summed E-state index contributed by atoms with van der Waals surface area (Å²) in [6, 6.07) is 0. The van der Waals surface area contributed by atoms with Crippen LogP contribution in [0.3, 0.4) is 0 Å². The van der Waals surface area contributed by atoms with E-state index < -0.39 is 5.60 Å². The lowest BCUT2D eigenvalue weighted by Gasteiger charge is -2.30. The average molecular weight is 284 g/mol. The third-order valence-electron chi connectivity index (χ3n) is 4.35. The highest BCUT2D eigenvalue weighted by molar-refractivity contribution is 5.77. The van der Waals surface area contributed by atoms with Gasteiger partial charge in [0.05, 0.1) is 12.0 Å². The second kappa shape index (κ2) is 8.63. The molecule has 1 amide bonds. The first-order chi connectivity index (χ1) is 9.49. The zero-order chi connectivity index (χ0) is 15.0. The van der Waals surface area contributed by atoms with Crippen molar-refractivity contribution in [3.8, 4) is 0 Å². The largest absolute Gasteiger partial charge is 0.389 e. The molecule has 0 unspecified atom stereocenters. The van der Waals surface area contributed by atoms with Gasteiger partial charge in [-0.2, -0.15) is 0 Å². The van der Waals surface area contributed by atoms with Crippen LogP contribution in [0.1, 0.15) is 58.8 Å². The van der Waals surface area contributed by atoms with E-state index in [1.807, 2.05) is 0 Å². The van der Waals surface area contributed by atoms with Crippen molar-refractivity contribution in [1.82, 2.24) is 10.2 Å². The normalized spacial score (nSPS) is 18.2. The molecule has 0 aromatic heterocycles. The molecule has 1 heterocycles. The maximum absolute atomic E-state index is 12.0. The molecular formula is C16H32N2O2. The van der Waals surface area contributed by atoms with Crippen molar-refractivity contribution >= 4 is 5.91 Å². The predicted molar refractivity (Wildman–Crippen MR) is 82.6 cm³/mol. The summed E-state index contributed by atoms with van der Waals surface area (Å²) in [5.41, 5.74) is -0.805. The minimum atomic E-state index is -0.805. The van der Waals surface area contributed by atoms with Gasteiger partial charge in [-0.25, -0.2) is 0 Å². The Morgan fingerprint density at radius 2 is 1.80 bits per heavy atom. The number of nitrogens with zero attached hydrogens (tertiary/aromatic N) is 1. The van der Waals surface area contributed by atoms with E-state index >= 15 is 0 Å². The zero-order valence-corrected chi connectivity index (χ0v) is 13.5. The fourth-order valence-corrected chi connectivity index (χ4v) is 3.12. The molecule has 20 heavy (non-hydrogen) atoms. The lowest BCUT2D eigenvalue weighted by atomic mass is 9.89. The van der Waals surface area contributed by atoms with Gasteiger partial charge >= 0.3 is 0 Å². The van der Waals surface area contributed by atoms with Gasteiger partial charge < -0.3 is 15.3 Å². The third kappa shape index (κ3) is 6.23. The SMILES string of the molecule is CCCC(O)(CCC)CC(=O)NCC1CCN(C)CC1. The van der Waals surface area contributed by atoms with Gasteiger partial charge in [-0.15, -0.1) is 0 Å². The molecule has 0 aromatic carbocycles. The second-order valence-electron chi connectivity index (χ2n) is 6.45. The molecular weight excluding hydrogens is 252 g/mol. The molecule has 0 saturated carbocycles. The Bertz CT molecular complexity index is 280. The number of carbonyl (C=O) groups excluding carboxylic acids is 1. The van der Waals surface area contributed by atoms with E-state index in [0.29, 0.717) is 18.8 Å². The molecule has 1 fully saturated rings. The van der Waals surface area contributed by atoms with E-state index in [1.54, 1.807) is 0 Å². The summed E-state index contributed by atoms with van der Waals surface area (Å²) in [5, 5.41) is 13.5. The Balaban J connectivity index is 2.31. The second-order valence-corrected chi connectivity index (χ2v) is 6.45. The summed E-state index contributed by atoms with van der Waals surface area (Å²) in [6.45, 7) is 7.11. The van der Waals surface area contributed by atoms with Crippen LogP contribution in [0.2, 0.25) is 0 Å². The standard InChI is InChI=1S/C16H32N2O2/c1-4-8-16(20,9-5-2)12-15(19)17-13-14-6-10-18(3)11-7-14/h14,20H,4-13H2,1-3H3,(H,17,19). The van der Waals surface area contributed by atoms with Gasteiger partial charge in [0.25, 0.3) is 0 Å². The van der Waals surface area contributed by atoms with Gasteiger partial charge in [0, 0.05) is 6.54 Å². The first-order valence-electron chi connectivity index (χ1n) is 8.16. The van der Waals surface area contributed by atoms with Crippen LogP contribution in [0.25, 0.3) is 0 Å². The molecule has 1 rings (SSSR count). The van der Waals surface area contributed by atoms with Crippen LogP contribution in [-0.4, -0.2) is 48.2 Å². The summed E-state index contributed by atoms with van der Waals surface area (Å²) in [4.78, 5) is 14.4. The Labute approximate surface area is 123 Å². The van der Waals surface area contributed by atoms with Crippen molar-refractivity contribution in [1.29, 1.82) is 0 Å². The predicted octanol–water partition coefficient (Wildman–Crippen LogP) is 2.17. The molecule has 0 atom stereocenters. The van der Waals surface area contributed by atoms with E-state index in [-0.39, 0.29) is 12.3 Å². The zero-order valence-electron chi connectivity index (χ0n) is 13.5. The fraction of sp³-hybridized carbons (Fsp3) is 0.938.